The Balaban J connectivity index is 1.94. The minimum absolute atomic E-state index is 0.157. The van der Waals surface area contributed by atoms with Crippen LogP contribution < -0.4 is 5.32 Å². The molecule has 0 aliphatic carbocycles. The molecular formula is C14H9ClN2O2S. The Kier molecular flexibility index (Phi) is 3.62. The summed E-state index contributed by atoms with van der Waals surface area (Å²) in [7, 11) is 0. The summed E-state index contributed by atoms with van der Waals surface area (Å²) in [6.45, 7) is 0. The predicted octanol–water partition coefficient (Wildman–Crippen LogP) is 4.46. The molecule has 2 heterocycles. The highest BCUT2D eigenvalue weighted by molar-refractivity contribution is 8.18. The maximum Gasteiger partial charge on any atom is 0.289 e. The molecule has 6 heteroatoms. The molecule has 20 heavy (non-hydrogen) atoms. The third-order valence-corrected chi connectivity index (χ3v) is 3.61. The molecule has 0 saturated carbocycles. The Morgan fingerprint density at radius 2 is 2.05 bits per heavy atom. The van der Waals surface area contributed by atoms with Crippen molar-refractivity contribution in [3.8, 4) is 0 Å². The first-order valence-corrected chi connectivity index (χ1v) is 6.99. The third-order valence-electron chi connectivity index (χ3n) is 2.54. The van der Waals surface area contributed by atoms with Crippen LogP contribution in [0.3, 0.4) is 0 Å². The molecule has 0 bridgehead atoms. The van der Waals surface area contributed by atoms with Crippen LogP contribution in [0, 0.1) is 0 Å². The number of halogens is 1. The van der Waals surface area contributed by atoms with Gasteiger partial charge in [0.15, 0.2) is 0 Å². The standard InChI is InChI=1S/C14H9ClN2O2S/c15-9-3-5-10(6-4-9)16-13-12(20-14(18)17-13)8-11-2-1-7-19-11/h1-8H,(H,16,17,18)/b12-8-. The second-order valence-corrected chi connectivity index (χ2v) is 5.43. The molecule has 1 saturated heterocycles. The van der Waals surface area contributed by atoms with Gasteiger partial charge < -0.3 is 9.73 Å². The number of thioether (sulfide) groups is 1. The van der Waals surface area contributed by atoms with Crippen LogP contribution in [0.1, 0.15) is 5.76 Å². The monoisotopic (exact) mass is 304 g/mol. The van der Waals surface area contributed by atoms with E-state index >= 15 is 0 Å². The number of hydrogen-bond donors (Lipinski definition) is 1. The number of carbonyl (C=O) groups is 1. The summed E-state index contributed by atoms with van der Waals surface area (Å²) in [5.74, 6) is 1.19. The minimum Gasteiger partial charge on any atom is -0.465 e. The highest BCUT2D eigenvalue weighted by Crippen LogP contribution is 2.28. The maximum absolute atomic E-state index is 11.5. The van der Waals surface area contributed by atoms with E-state index in [1.807, 2.05) is 6.07 Å². The first-order chi connectivity index (χ1) is 9.70. The van der Waals surface area contributed by atoms with E-state index in [1.54, 1.807) is 42.7 Å². The van der Waals surface area contributed by atoms with E-state index in [-0.39, 0.29) is 5.24 Å². The largest absolute Gasteiger partial charge is 0.465 e. The molecule has 0 spiro atoms. The number of aliphatic imine (C=N–C) groups is 1. The number of hydrogen-bond acceptors (Lipinski definition) is 4. The van der Waals surface area contributed by atoms with Crippen molar-refractivity contribution in [1.29, 1.82) is 0 Å². The summed E-state index contributed by atoms with van der Waals surface area (Å²) in [4.78, 5) is 16.6. The summed E-state index contributed by atoms with van der Waals surface area (Å²) in [6.07, 6.45) is 3.36. The molecule has 100 valence electrons. The maximum atomic E-state index is 11.5. The summed E-state index contributed by atoms with van der Waals surface area (Å²) in [5.41, 5.74) is 0.720. The van der Waals surface area contributed by atoms with Crippen LogP contribution in [-0.2, 0) is 0 Å². The fourth-order valence-corrected chi connectivity index (χ4v) is 2.50. The van der Waals surface area contributed by atoms with Gasteiger partial charge in [-0.3, -0.25) is 4.79 Å². The van der Waals surface area contributed by atoms with Gasteiger partial charge in [-0.2, -0.15) is 0 Å². The minimum atomic E-state index is -0.157. The van der Waals surface area contributed by atoms with Crippen LogP contribution >= 0.6 is 23.4 Å². The number of amides is 1. The zero-order valence-corrected chi connectivity index (χ0v) is 11.7. The first-order valence-electron chi connectivity index (χ1n) is 5.79. The van der Waals surface area contributed by atoms with E-state index in [9.17, 15) is 4.79 Å². The van der Waals surface area contributed by atoms with Gasteiger partial charge in [-0.25, -0.2) is 4.99 Å². The number of nitrogens with zero attached hydrogens (tertiary/aromatic N) is 1. The van der Waals surface area contributed by atoms with E-state index in [4.69, 9.17) is 16.0 Å². The molecule has 4 nitrogen and oxygen atoms in total. The lowest BCUT2D eigenvalue weighted by molar-refractivity contribution is 0.265. The first kappa shape index (κ1) is 13.0. The molecule has 1 aliphatic heterocycles. The number of benzene rings is 1. The average Bonchev–Trinajstić information content (AvgIpc) is 3.03. The topological polar surface area (TPSA) is 54.6 Å². The second-order valence-electron chi connectivity index (χ2n) is 3.98. The third kappa shape index (κ3) is 2.95. The molecule has 0 radical (unpaired) electrons. The molecule has 1 aromatic carbocycles. The highest BCUT2D eigenvalue weighted by atomic mass is 35.5. The number of amidine groups is 1. The second kappa shape index (κ2) is 5.56. The smallest absolute Gasteiger partial charge is 0.289 e. The molecular weight excluding hydrogens is 296 g/mol. The molecule has 3 rings (SSSR count). The van der Waals surface area contributed by atoms with E-state index in [0.29, 0.717) is 16.6 Å². The van der Waals surface area contributed by atoms with Crippen LogP contribution in [0.2, 0.25) is 5.02 Å². The Morgan fingerprint density at radius 3 is 2.75 bits per heavy atom. The van der Waals surface area contributed by atoms with Gasteiger partial charge in [-0.15, -0.1) is 0 Å². The molecule has 1 aliphatic rings. The number of nitrogens with one attached hydrogen (secondary N) is 1. The Hall–Kier alpha value is -1.98. The number of carbonyl (C=O) groups excluding carboxylic acids is 1. The van der Waals surface area contributed by atoms with Gasteiger partial charge in [-0.1, -0.05) is 11.6 Å². The van der Waals surface area contributed by atoms with Crippen LogP contribution in [0.4, 0.5) is 10.5 Å². The van der Waals surface area contributed by atoms with Crippen molar-refractivity contribution in [3.05, 3.63) is 58.3 Å². The van der Waals surface area contributed by atoms with Gasteiger partial charge in [0.05, 0.1) is 16.9 Å². The SMILES string of the molecule is O=C1NC(=Nc2ccc(Cl)cc2)/C(=C/c2ccco2)S1. The van der Waals surface area contributed by atoms with Crippen LogP contribution in [-0.4, -0.2) is 11.1 Å². The van der Waals surface area contributed by atoms with Crippen molar-refractivity contribution >= 4 is 46.2 Å². The Labute approximate surface area is 124 Å². The van der Waals surface area contributed by atoms with Gasteiger partial charge in [0.1, 0.15) is 11.6 Å². The van der Waals surface area contributed by atoms with Crippen molar-refractivity contribution < 1.29 is 9.21 Å². The van der Waals surface area contributed by atoms with Crippen LogP contribution in [0.5, 0.6) is 0 Å². The summed E-state index contributed by atoms with van der Waals surface area (Å²) in [6, 6.07) is 10.7. The van der Waals surface area contributed by atoms with Gasteiger partial charge in [-0.05, 0) is 54.2 Å². The summed E-state index contributed by atoms with van der Waals surface area (Å²) < 4.78 is 5.24. The fraction of sp³-hybridized carbons (Fsp3) is 0. The highest BCUT2D eigenvalue weighted by Gasteiger charge is 2.23. The van der Waals surface area contributed by atoms with Crippen molar-refractivity contribution in [2.24, 2.45) is 4.99 Å². The molecule has 0 atom stereocenters. The van der Waals surface area contributed by atoms with E-state index in [1.165, 1.54) is 0 Å². The normalized spacial score (nSPS) is 18.8. The lowest BCUT2D eigenvalue weighted by Gasteiger charge is -1.99. The van der Waals surface area contributed by atoms with Crippen LogP contribution in [0.15, 0.2) is 57.0 Å². The average molecular weight is 305 g/mol. The molecule has 1 fully saturated rings. The zero-order chi connectivity index (χ0) is 13.9. The molecule has 1 amide bonds. The quantitative estimate of drug-likeness (QED) is 0.891. The van der Waals surface area contributed by atoms with Gasteiger partial charge in [0.2, 0.25) is 0 Å². The van der Waals surface area contributed by atoms with Crippen LogP contribution in [0.25, 0.3) is 6.08 Å². The van der Waals surface area contributed by atoms with Crippen molar-refractivity contribution in [1.82, 2.24) is 5.32 Å². The lowest BCUT2D eigenvalue weighted by atomic mass is 10.3. The van der Waals surface area contributed by atoms with E-state index in [2.05, 4.69) is 10.3 Å². The fourth-order valence-electron chi connectivity index (χ4n) is 1.66. The van der Waals surface area contributed by atoms with E-state index in [0.717, 1.165) is 22.4 Å². The molecule has 0 unspecified atom stereocenters. The Bertz CT molecular complexity index is 690. The lowest BCUT2D eigenvalue weighted by Crippen LogP contribution is -2.18. The van der Waals surface area contributed by atoms with E-state index < -0.39 is 0 Å². The number of furan rings is 1. The van der Waals surface area contributed by atoms with Gasteiger partial charge in [0, 0.05) is 5.02 Å². The Morgan fingerprint density at radius 1 is 1.25 bits per heavy atom. The molecule has 1 N–H and O–H groups in total. The predicted molar refractivity (Wildman–Crippen MR) is 81.4 cm³/mol. The number of rotatable bonds is 2. The summed E-state index contributed by atoms with van der Waals surface area (Å²) in [5, 5.41) is 3.20. The van der Waals surface area contributed by atoms with Crippen molar-refractivity contribution in [3.63, 3.8) is 0 Å². The van der Waals surface area contributed by atoms with Gasteiger partial charge >= 0.3 is 0 Å². The molecule has 1 aromatic heterocycles. The van der Waals surface area contributed by atoms with Crippen molar-refractivity contribution in [2.45, 2.75) is 0 Å². The van der Waals surface area contributed by atoms with Crippen molar-refractivity contribution in [2.75, 3.05) is 0 Å². The summed E-state index contributed by atoms with van der Waals surface area (Å²) >= 11 is 6.92. The molecule has 2 aromatic rings. The van der Waals surface area contributed by atoms with Gasteiger partial charge in [0.25, 0.3) is 5.24 Å². The zero-order valence-electron chi connectivity index (χ0n) is 10.2.